The van der Waals surface area contributed by atoms with Crippen LogP contribution in [0.25, 0.3) is 22.1 Å². The predicted molar refractivity (Wildman–Crippen MR) is 260 cm³/mol. The molecule has 0 spiro atoms. The van der Waals surface area contributed by atoms with Crippen LogP contribution in [0.1, 0.15) is 52.6 Å². The first-order valence-corrected chi connectivity index (χ1v) is 22.1. The molecule has 0 saturated carbocycles. The molecule has 4 heterocycles. The molecule has 2 fully saturated rings. The van der Waals surface area contributed by atoms with E-state index in [1.807, 2.05) is 6.07 Å². The summed E-state index contributed by atoms with van der Waals surface area (Å²) in [7, 11) is 0. The summed E-state index contributed by atoms with van der Waals surface area (Å²) in [5.41, 5.74) is 12.0. The van der Waals surface area contributed by atoms with Crippen LogP contribution in [0.3, 0.4) is 0 Å². The van der Waals surface area contributed by atoms with E-state index in [0.29, 0.717) is 76.6 Å². The van der Waals surface area contributed by atoms with Gasteiger partial charge in [0.05, 0.1) is 60.9 Å². The van der Waals surface area contributed by atoms with E-state index >= 15 is 0 Å². The van der Waals surface area contributed by atoms with Crippen molar-refractivity contribution in [2.24, 2.45) is 0 Å². The second-order valence-electron chi connectivity index (χ2n) is 15.7. The molecule has 0 unspecified atom stereocenters. The number of nitrogens with zero attached hydrogens (tertiary/aromatic N) is 6. The Labute approximate surface area is 399 Å². The molecular formula is C52H43ClF2N8O6. The number of carbonyl (C=O) groups is 4. The van der Waals surface area contributed by atoms with E-state index in [1.165, 1.54) is 36.4 Å². The van der Waals surface area contributed by atoms with Crippen molar-refractivity contribution in [1.29, 1.82) is 0 Å². The standard InChI is InChI=1S/C26H21FN4O3.C19H18N4O2.C7H4ClFO/c27-20-5-1-4-19(13-20)26(33)29-21-6-2-3-17(14-21)25(32)18-7-8-22-23(15-18)30-24(16-28-22)31-9-11-34-12-10-31;20-15-3-1-2-13(10-15)19(24)14-4-5-16-17(11-14)22-18(12-21-16)23-6-8-25-9-7-23;8-7(10)5-2-1-3-6(9)4-5/h1-8,13-16H,9-12H2,(H,29,33);1-5,10-12H,6-9,20H2;1-4H. The van der Waals surface area contributed by atoms with Gasteiger partial charge in [0.25, 0.3) is 11.1 Å². The zero-order valence-electron chi connectivity index (χ0n) is 36.9. The third kappa shape index (κ3) is 12.3. The molecule has 6 aromatic carbocycles. The molecule has 0 radical (unpaired) electrons. The van der Waals surface area contributed by atoms with Gasteiger partial charge in [-0.25, -0.2) is 18.7 Å². The molecule has 2 aromatic heterocycles. The van der Waals surface area contributed by atoms with Crippen LogP contribution in [-0.4, -0.2) is 95.3 Å². The van der Waals surface area contributed by atoms with E-state index in [9.17, 15) is 28.0 Å². The van der Waals surface area contributed by atoms with E-state index in [1.54, 1.807) is 91.3 Å². The van der Waals surface area contributed by atoms with Gasteiger partial charge in [-0.1, -0.05) is 36.4 Å². The van der Waals surface area contributed by atoms with Crippen LogP contribution < -0.4 is 20.9 Å². The molecule has 3 N–H and O–H groups in total. The van der Waals surface area contributed by atoms with Crippen LogP contribution in [0.2, 0.25) is 0 Å². The Morgan fingerprint density at radius 1 is 0.522 bits per heavy atom. The van der Waals surface area contributed by atoms with Gasteiger partial charge in [0, 0.05) is 70.9 Å². The average Bonchev–Trinajstić information content (AvgIpc) is 3.38. The fraction of sp³-hybridized carbons (Fsp3) is 0.154. The number of morpholine rings is 2. The number of ketones is 2. The Morgan fingerprint density at radius 3 is 1.46 bits per heavy atom. The second-order valence-corrected chi connectivity index (χ2v) is 16.0. The Kier molecular flexibility index (Phi) is 15.2. The number of nitrogen functional groups attached to an aromatic ring is 1. The summed E-state index contributed by atoms with van der Waals surface area (Å²) in [6.45, 7) is 5.74. The number of nitrogens with two attached hydrogens (primary N) is 1. The first-order chi connectivity index (χ1) is 33.5. The summed E-state index contributed by atoms with van der Waals surface area (Å²) < 4.78 is 36.5. The number of amides is 1. The molecule has 348 valence electrons. The van der Waals surface area contributed by atoms with Crippen molar-refractivity contribution in [3.05, 3.63) is 191 Å². The number of aromatic nitrogens is 4. The molecular weight excluding hydrogens is 906 g/mol. The average molecular weight is 949 g/mol. The maximum Gasteiger partial charge on any atom is 0.255 e. The molecule has 2 aliphatic rings. The minimum absolute atomic E-state index is 0.0761. The zero-order chi connectivity index (χ0) is 48.3. The van der Waals surface area contributed by atoms with Gasteiger partial charge >= 0.3 is 0 Å². The van der Waals surface area contributed by atoms with E-state index < -0.39 is 22.8 Å². The number of rotatable bonds is 9. The van der Waals surface area contributed by atoms with Crippen molar-refractivity contribution in [1.82, 2.24) is 19.9 Å². The quantitative estimate of drug-likeness (QED) is 0.0798. The number of fused-ring (bicyclic) bond motifs is 2. The molecule has 69 heavy (non-hydrogen) atoms. The van der Waals surface area contributed by atoms with E-state index in [2.05, 4.69) is 30.1 Å². The molecule has 14 nitrogen and oxygen atoms in total. The summed E-state index contributed by atoms with van der Waals surface area (Å²) in [5, 5.41) is 2.07. The molecule has 17 heteroatoms. The van der Waals surface area contributed by atoms with Crippen LogP contribution in [0.5, 0.6) is 0 Å². The van der Waals surface area contributed by atoms with Crippen LogP contribution in [0, 0.1) is 11.6 Å². The SMILES string of the molecule is Nc1cccc(C(=O)c2ccc3ncc(N4CCOCC4)nc3c2)c1.O=C(Cl)c1cccc(F)c1.O=C(Nc1cccc(C(=O)c2ccc3ncc(N4CCOCC4)nc3c2)c1)c1cccc(F)c1. The molecule has 10 rings (SSSR count). The molecule has 0 bridgehead atoms. The number of anilines is 4. The summed E-state index contributed by atoms with van der Waals surface area (Å²) in [5.74, 6) is -0.123. The van der Waals surface area contributed by atoms with Gasteiger partial charge in [0.1, 0.15) is 23.3 Å². The molecule has 8 aromatic rings. The molecule has 0 aliphatic carbocycles. The monoisotopic (exact) mass is 948 g/mol. The van der Waals surface area contributed by atoms with Crippen LogP contribution in [0.4, 0.5) is 31.8 Å². The Hall–Kier alpha value is -8.05. The number of carbonyl (C=O) groups excluding carboxylic acids is 4. The van der Waals surface area contributed by atoms with Gasteiger partial charge in [-0.05, 0) is 109 Å². The zero-order valence-corrected chi connectivity index (χ0v) is 37.6. The first-order valence-electron chi connectivity index (χ1n) is 21.7. The smallest absolute Gasteiger partial charge is 0.255 e. The molecule has 0 atom stereocenters. The lowest BCUT2D eigenvalue weighted by molar-refractivity contribution is 0.102. The normalized spacial score (nSPS) is 13.4. The highest BCUT2D eigenvalue weighted by Gasteiger charge is 2.18. The van der Waals surface area contributed by atoms with Crippen molar-refractivity contribution in [2.45, 2.75) is 0 Å². The van der Waals surface area contributed by atoms with E-state index in [-0.39, 0.29) is 22.7 Å². The lowest BCUT2D eigenvalue weighted by atomic mass is 10.0. The lowest BCUT2D eigenvalue weighted by Gasteiger charge is -2.27. The summed E-state index contributed by atoms with van der Waals surface area (Å²) in [6, 6.07) is 34.9. The third-order valence-electron chi connectivity index (χ3n) is 10.9. The molecule has 1 amide bonds. The fourth-order valence-corrected chi connectivity index (χ4v) is 7.49. The summed E-state index contributed by atoms with van der Waals surface area (Å²) >= 11 is 5.07. The predicted octanol–water partition coefficient (Wildman–Crippen LogP) is 8.57. The van der Waals surface area contributed by atoms with Crippen LogP contribution in [-0.2, 0) is 9.47 Å². The second kappa shape index (κ2) is 22.2. The molecule has 2 aliphatic heterocycles. The number of hydrogen-bond donors (Lipinski definition) is 2. The van der Waals surface area contributed by atoms with Crippen molar-refractivity contribution in [2.75, 3.05) is 73.5 Å². The topological polar surface area (TPSA) is 183 Å². The van der Waals surface area contributed by atoms with Gasteiger partial charge in [-0.2, -0.15) is 0 Å². The van der Waals surface area contributed by atoms with Gasteiger partial charge in [0.2, 0.25) is 0 Å². The Balaban J connectivity index is 0.000000160. The van der Waals surface area contributed by atoms with Gasteiger partial charge < -0.3 is 30.3 Å². The van der Waals surface area contributed by atoms with E-state index in [0.717, 1.165) is 55.5 Å². The van der Waals surface area contributed by atoms with Gasteiger partial charge in [-0.3, -0.25) is 29.1 Å². The third-order valence-corrected chi connectivity index (χ3v) is 11.1. The highest BCUT2D eigenvalue weighted by atomic mass is 35.5. The van der Waals surface area contributed by atoms with Crippen LogP contribution >= 0.6 is 11.6 Å². The maximum atomic E-state index is 13.4. The minimum Gasteiger partial charge on any atom is -0.399 e. The molecule has 2 saturated heterocycles. The fourth-order valence-electron chi connectivity index (χ4n) is 7.37. The maximum absolute atomic E-state index is 13.4. The first kappa shape index (κ1) is 47.4. The van der Waals surface area contributed by atoms with Crippen molar-refractivity contribution < 1.29 is 37.4 Å². The van der Waals surface area contributed by atoms with Gasteiger partial charge in [-0.15, -0.1) is 0 Å². The highest BCUT2D eigenvalue weighted by Crippen LogP contribution is 2.23. The number of halogens is 3. The van der Waals surface area contributed by atoms with Crippen LogP contribution in [0.15, 0.2) is 146 Å². The van der Waals surface area contributed by atoms with E-state index in [4.69, 9.17) is 31.8 Å². The Morgan fingerprint density at radius 2 is 0.971 bits per heavy atom. The number of ether oxygens (including phenoxy) is 2. The van der Waals surface area contributed by atoms with Crippen molar-refractivity contribution in [3.8, 4) is 0 Å². The number of hydrogen-bond acceptors (Lipinski definition) is 13. The number of nitrogens with one attached hydrogen (secondary N) is 1. The summed E-state index contributed by atoms with van der Waals surface area (Å²) in [6.07, 6.45) is 3.51. The number of benzene rings is 6. The van der Waals surface area contributed by atoms with Crippen molar-refractivity contribution in [3.63, 3.8) is 0 Å². The minimum atomic E-state index is -0.639. The highest BCUT2D eigenvalue weighted by molar-refractivity contribution is 6.67. The lowest BCUT2D eigenvalue weighted by Crippen LogP contribution is -2.36. The largest absolute Gasteiger partial charge is 0.399 e. The van der Waals surface area contributed by atoms with Gasteiger partial charge in [0.15, 0.2) is 11.6 Å². The van der Waals surface area contributed by atoms with Crippen molar-refractivity contribution >= 4 is 79.4 Å². The summed E-state index contributed by atoms with van der Waals surface area (Å²) in [4.78, 5) is 71.3. The Bertz CT molecular complexity index is 3180.